The first kappa shape index (κ1) is 4.13. The van der Waals surface area contributed by atoms with Crippen molar-refractivity contribution in [3.63, 3.8) is 0 Å². The Kier molecular flexibility index (Phi) is 1.10. The average molecular weight is 105 g/mol. The maximum absolute atomic E-state index is 5.52. The third-order valence-corrected chi connectivity index (χ3v) is 1.21. The van der Waals surface area contributed by atoms with Gasteiger partial charge in [-0.05, 0) is 11.6 Å². The second kappa shape index (κ2) is 1.61. The summed E-state index contributed by atoms with van der Waals surface area (Å²) in [6, 6.07) is 0. The third-order valence-electron chi connectivity index (χ3n) is 0.890. The summed E-state index contributed by atoms with van der Waals surface area (Å²) in [6.07, 6.45) is 2.26. The largest absolute Gasteiger partial charge is 0.243 e. The third kappa shape index (κ3) is 0.716. The molecule has 1 N–H and O–H groups in total. The molecule has 0 aliphatic carbocycles. The Morgan fingerprint density at radius 3 is 2.67 bits per heavy atom. The molecular formula is C4H7ClN+. The highest BCUT2D eigenvalue weighted by Crippen LogP contribution is 1.92. The molecule has 0 atom stereocenters. The lowest BCUT2D eigenvalue weighted by atomic mass is 10.4. The van der Waals surface area contributed by atoms with Gasteiger partial charge in [-0.25, -0.2) is 4.99 Å². The summed E-state index contributed by atoms with van der Waals surface area (Å²) in [5.74, 6) is 0. The maximum atomic E-state index is 5.52. The Morgan fingerprint density at radius 1 is 1.67 bits per heavy atom. The van der Waals surface area contributed by atoms with E-state index in [1.807, 2.05) is 0 Å². The summed E-state index contributed by atoms with van der Waals surface area (Å²) in [5.41, 5.74) is 0. The van der Waals surface area contributed by atoms with Gasteiger partial charge in [-0.3, -0.25) is 0 Å². The number of nitrogens with one attached hydrogen (secondary N) is 1. The van der Waals surface area contributed by atoms with Gasteiger partial charge in [-0.2, -0.15) is 0 Å². The molecule has 0 bridgehead atoms. The summed E-state index contributed by atoms with van der Waals surface area (Å²) in [4.78, 5) is 3.00. The number of hydrogen-bond donors (Lipinski definition) is 1. The van der Waals surface area contributed by atoms with Crippen LogP contribution in [0.2, 0.25) is 0 Å². The van der Waals surface area contributed by atoms with E-state index in [2.05, 4.69) is 4.99 Å². The number of rotatable bonds is 0. The van der Waals surface area contributed by atoms with Crippen molar-refractivity contribution in [2.75, 3.05) is 6.54 Å². The fourth-order valence-corrected chi connectivity index (χ4v) is 0.784. The summed E-state index contributed by atoms with van der Waals surface area (Å²) in [6.45, 7) is 1.07. The van der Waals surface area contributed by atoms with E-state index < -0.39 is 0 Å². The first-order chi connectivity index (χ1) is 2.89. The van der Waals surface area contributed by atoms with Crippen molar-refractivity contribution in [2.24, 2.45) is 0 Å². The van der Waals surface area contributed by atoms with Gasteiger partial charge in [0, 0.05) is 6.42 Å². The Bertz CT molecular complexity index is 77.6. The molecule has 0 saturated heterocycles. The van der Waals surface area contributed by atoms with Crippen LogP contribution in [-0.2, 0) is 0 Å². The monoisotopic (exact) mass is 104 g/mol. The summed E-state index contributed by atoms with van der Waals surface area (Å²) in [7, 11) is 0. The predicted molar refractivity (Wildman–Crippen MR) is 25.9 cm³/mol. The van der Waals surface area contributed by atoms with Gasteiger partial charge >= 0.3 is 0 Å². The first-order valence-electron chi connectivity index (χ1n) is 2.15. The van der Waals surface area contributed by atoms with Gasteiger partial charge in [0.05, 0.1) is 6.42 Å². The molecular weight excluding hydrogens is 97.5 g/mol. The van der Waals surface area contributed by atoms with Crippen LogP contribution in [0.15, 0.2) is 0 Å². The quantitative estimate of drug-likeness (QED) is 0.426. The number of hydrogen-bond acceptors (Lipinski definition) is 0. The van der Waals surface area contributed by atoms with Gasteiger partial charge in [0.1, 0.15) is 6.54 Å². The minimum absolute atomic E-state index is 0.926. The molecule has 0 amide bonds. The van der Waals surface area contributed by atoms with E-state index in [4.69, 9.17) is 11.6 Å². The van der Waals surface area contributed by atoms with Crippen molar-refractivity contribution < 1.29 is 4.99 Å². The molecule has 0 saturated carbocycles. The van der Waals surface area contributed by atoms with Crippen LogP contribution in [0.3, 0.4) is 0 Å². The predicted octanol–water partition coefficient (Wildman–Crippen LogP) is -0.502. The second-order valence-corrected chi connectivity index (χ2v) is 1.89. The van der Waals surface area contributed by atoms with Gasteiger partial charge in [0.25, 0.3) is 0 Å². The van der Waals surface area contributed by atoms with Crippen LogP contribution in [-0.4, -0.2) is 11.7 Å². The zero-order valence-corrected chi connectivity index (χ0v) is 4.26. The van der Waals surface area contributed by atoms with Gasteiger partial charge in [0.15, 0.2) is 0 Å². The van der Waals surface area contributed by atoms with Gasteiger partial charge in [-0.15, -0.1) is 0 Å². The fraction of sp³-hybridized carbons (Fsp3) is 0.750. The van der Waals surface area contributed by atoms with Gasteiger partial charge in [-0.1, -0.05) is 0 Å². The Labute approximate surface area is 42.0 Å². The Balaban J connectivity index is 2.45. The SMILES string of the molecule is ClC1=[NH+]CCC1. The van der Waals surface area contributed by atoms with E-state index in [0.717, 1.165) is 18.1 Å². The van der Waals surface area contributed by atoms with E-state index in [-0.39, 0.29) is 0 Å². The topological polar surface area (TPSA) is 14.0 Å². The molecule has 6 heavy (non-hydrogen) atoms. The van der Waals surface area contributed by atoms with Gasteiger partial charge in [0.2, 0.25) is 5.17 Å². The summed E-state index contributed by atoms with van der Waals surface area (Å²) in [5, 5.41) is 0.926. The number of halogens is 1. The molecule has 1 nitrogen and oxygen atoms in total. The molecule has 0 radical (unpaired) electrons. The average Bonchev–Trinajstić information content (AvgIpc) is 1.86. The van der Waals surface area contributed by atoms with Crippen LogP contribution >= 0.6 is 11.6 Å². The van der Waals surface area contributed by atoms with Crippen molar-refractivity contribution in [3.05, 3.63) is 0 Å². The molecule has 34 valence electrons. The van der Waals surface area contributed by atoms with Crippen LogP contribution in [0.5, 0.6) is 0 Å². The van der Waals surface area contributed by atoms with Crippen molar-refractivity contribution >= 4 is 16.8 Å². The van der Waals surface area contributed by atoms with Gasteiger partial charge < -0.3 is 0 Å². The highest BCUT2D eigenvalue weighted by Gasteiger charge is 2.07. The first-order valence-corrected chi connectivity index (χ1v) is 2.52. The molecule has 1 aliphatic rings. The highest BCUT2D eigenvalue weighted by molar-refractivity contribution is 6.63. The molecule has 0 fully saturated rings. The van der Waals surface area contributed by atoms with Crippen LogP contribution in [0.25, 0.3) is 0 Å². The normalized spacial score (nSPS) is 21.2. The van der Waals surface area contributed by atoms with Crippen molar-refractivity contribution in [2.45, 2.75) is 12.8 Å². The summed E-state index contributed by atoms with van der Waals surface area (Å²) < 4.78 is 0. The molecule has 0 aromatic heterocycles. The lowest BCUT2D eigenvalue weighted by Gasteiger charge is -1.65. The minimum atomic E-state index is 0.926. The van der Waals surface area contributed by atoms with Crippen LogP contribution in [0, 0.1) is 0 Å². The zero-order chi connectivity index (χ0) is 4.41. The minimum Gasteiger partial charge on any atom is -0.236 e. The molecule has 2 heteroatoms. The second-order valence-electron chi connectivity index (χ2n) is 1.44. The van der Waals surface area contributed by atoms with E-state index >= 15 is 0 Å². The van der Waals surface area contributed by atoms with E-state index in [1.54, 1.807) is 0 Å². The maximum Gasteiger partial charge on any atom is 0.243 e. The van der Waals surface area contributed by atoms with Crippen molar-refractivity contribution in [1.29, 1.82) is 0 Å². The molecule has 1 aliphatic heterocycles. The standard InChI is InChI=1S/C4H6ClN/c5-4-2-1-3-6-4/h1-3H2/p+1. The zero-order valence-electron chi connectivity index (χ0n) is 3.50. The molecule has 1 heterocycles. The van der Waals surface area contributed by atoms with Crippen molar-refractivity contribution in [3.8, 4) is 0 Å². The van der Waals surface area contributed by atoms with Crippen molar-refractivity contribution in [1.82, 2.24) is 0 Å². The Hall–Kier alpha value is -0.0400. The molecule has 0 spiro atoms. The highest BCUT2D eigenvalue weighted by atomic mass is 35.5. The van der Waals surface area contributed by atoms with Crippen LogP contribution in [0.1, 0.15) is 12.8 Å². The van der Waals surface area contributed by atoms with E-state index in [1.165, 1.54) is 6.42 Å². The van der Waals surface area contributed by atoms with Crippen LogP contribution in [0.4, 0.5) is 0 Å². The molecule has 0 aromatic rings. The lowest BCUT2D eigenvalue weighted by Crippen LogP contribution is -2.67. The fourth-order valence-electron chi connectivity index (χ4n) is 0.556. The smallest absolute Gasteiger partial charge is 0.236 e. The van der Waals surface area contributed by atoms with E-state index in [9.17, 15) is 0 Å². The lowest BCUT2D eigenvalue weighted by molar-refractivity contribution is -0.444. The van der Waals surface area contributed by atoms with E-state index in [0.29, 0.717) is 0 Å². The Morgan fingerprint density at radius 2 is 2.50 bits per heavy atom. The molecule has 0 unspecified atom stereocenters. The van der Waals surface area contributed by atoms with Crippen LogP contribution < -0.4 is 4.99 Å². The molecule has 1 rings (SSSR count). The molecule has 0 aromatic carbocycles. The summed E-state index contributed by atoms with van der Waals surface area (Å²) >= 11 is 5.52.